The Labute approximate surface area is 371 Å². The Hall–Kier alpha value is -1.80. The first-order chi connectivity index (χ1) is 29.0. The molecule has 8 nitrogen and oxygen atoms in total. The number of allylic oxidation sites excluding steroid dienone is 10. The molecule has 0 saturated carbocycles. The predicted octanol–water partition coefficient (Wildman–Crippen LogP) is 14.2. The number of quaternary nitrogens is 1. The van der Waals surface area contributed by atoms with Crippen LogP contribution in [0.25, 0.3) is 0 Å². The Bertz CT molecular complexity index is 1160. The number of aliphatic hydroxyl groups is 1. The minimum Gasteiger partial charge on any atom is -0.391 e. The number of phosphoric acid groups is 1. The number of nitrogens with one attached hydrogen (secondary N) is 1. The molecule has 0 aromatic heterocycles. The maximum atomic E-state index is 12.9. The van der Waals surface area contributed by atoms with Gasteiger partial charge in [0, 0.05) is 6.42 Å². The van der Waals surface area contributed by atoms with Crippen molar-refractivity contribution in [1.29, 1.82) is 0 Å². The highest BCUT2D eigenvalue weighted by atomic mass is 31.2. The topological polar surface area (TPSA) is 105 Å². The number of aliphatic hydroxyl groups excluding tert-OH is 1. The van der Waals surface area contributed by atoms with E-state index in [0.717, 1.165) is 77.0 Å². The molecule has 1 amide bonds. The van der Waals surface area contributed by atoms with E-state index >= 15 is 0 Å². The van der Waals surface area contributed by atoms with Crippen molar-refractivity contribution in [2.45, 2.75) is 219 Å². The van der Waals surface area contributed by atoms with E-state index in [1.807, 2.05) is 21.1 Å². The van der Waals surface area contributed by atoms with E-state index in [2.05, 4.69) is 79.9 Å². The summed E-state index contributed by atoms with van der Waals surface area (Å²) in [5, 5.41) is 14.0. The van der Waals surface area contributed by atoms with Gasteiger partial charge in [-0.1, -0.05) is 203 Å². The average Bonchev–Trinajstić information content (AvgIpc) is 3.20. The van der Waals surface area contributed by atoms with E-state index in [1.165, 1.54) is 103 Å². The third-order valence-electron chi connectivity index (χ3n) is 10.8. The third kappa shape index (κ3) is 44.3. The molecule has 9 heteroatoms. The fourth-order valence-corrected chi connectivity index (χ4v) is 7.63. The van der Waals surface area contributed by atoms with Crippen LogP contribution in [0.4, 0.5) is 0 Å². The van der Waals surface area contributed by atoms with Gasteiger partial charge < -0.3 is 19.8 Å². The zero-order chi connectivity index (χ0) is 44.3. The van der Waals surface area contributed by atoms with Gasteiger partial charge in [-0.15, -0.1) is 0 Å². The van der Waals surface area contributed by atoms with Crippen LogP contribution in [0.2, 0.25) is 0 Å². The summed E-state index contributed by atoms with van der Waals surface area (Å²) < 4.78 is 23.7. The number of phosphoric ester groups is 1. The Kier molecular flexibility index (Phi) is 41.2. The highest BCUT2D eigenvalue weighted by molar-refractivity contribution is 7.47. The van der Waals surface area contributed by atoms with Gasteiger partial charge in [-0.2, -0.15) is 0 Å². The molecule has 0 spiro atoms. The highest BCUT2D eigenvalue weighted by Crippen LogP contribution is 2.43. The summed E-state index contributed by atoms with van der Waals surface area (Å²) in [5.41, 5.74) is 0. The van der Waals surface area contributed by atoms with Crippen LogP contribution in [0.3, 0.4) is 0 Å². The number of hydrogen-bond acceptors (Lipinski definition) is 5. The smallest absolute Gasteiger partial charge is 0.391 e. The van der Waals surface area contributed by atoms with E-state index in [0.29, 0.717) is 23.9 Å². The van der Waals surface area contributed by atoms with Crippen LogP contribution in [0.5, 0.6) is 0 Å². The Morgan fingerprint density at radius 2 is 1.00 bits per heavy atom. The fraction of sp³-hybridized carbons (Fsp3) is 0.784. The maximum Gasteiger partial charge on any atom is 0.472 e. The minimum absolute atomic E-state index is 0.0711. The first-order valence-corrected chi connectivity index (χ1v) is 26.1. The van der Waals surface area contributed by atoms with Crippen LogP contribution in [0.1, 0.15) is 206 Å². The van der Waals surface area contributed by atoms with Crippen molar-refractivity contribution in [3.8, 4) is 0 Å². The van der Waals surface area contributed by atoms with Gasteiger partial charge in [0.15, 0.2) is 0 Å². The molecule has 0 rings (SSSR count). The second-order valence-electron chi connectivity index (χ2n) is 17.8. The van der Waals surface area contributed by atoms with Crippen molar-refractivity contribution in [2.24, 2.45) is 0 Å². The normalized spacial score (nSPS) is 14.7. The number of amides is 1. The lowest BCUT2D eigenvalue weighted by atomic mass is 10.0. The van der Waals surface area contributed by atoms with E-state index in [1.54, 1.807) is 0 Å². The number of carbonyl (C=O) groups is 1. The lowest BCUT2D eigenvalue weighted by Gasteiger charge is -2.26. The zero-order valence-electron chi connectivity index (χ0n) is 39.7. The fourth-order valence-electron chi connectivity index (χ4n) is 6.90. The molecule has 0 radical (unpaired) electrons. The molecule has 0 fully saturated rings. The molecular weight excluding hydrogens is 768 g/mol. The van der Waals surface area contributed by atoms with Crippen LogP contribution in [-0.2, 0) is 18.4 Å². The van der Waals surface area contributed by atoms with Crippen molar-refractivity contribution in [2.75, 3.05) is 40.9 Å². The Balaban J connectivity index is 4.24. The summed E-state index contributed by atoms with van der Waals surface area (Å²) in [7, 11) is 1.60. The molecule has 0 aromatic rings. The second-order valence-corrected chi connectivity index (χ2v) is 19.3. The minimum atomic E-state index is -4.32. The third-order valence-corrected chi connectivity index (χ3v) is 11.8. The van der Waals surface area contributed by atoms with Crippen molar-refractivity contribution in [3.63, 3.8) is 0 Å². The van der Waals surface area contributed by atoms with Crippen molar-refractivity contribution < 1.29 is 32.9 Å². The van der Waals surface area contributed by atoms with Gasteiger partial charge >= 0.3 is 7.82 Å². The molecule has 0 aliphatic heterocycles. The standard InChI is InChI=1S/C51H95N2O6P/c1-6-8-10-12-14-16-18-20-21-22-23-24-25-26-27-28-29-30-31-33-35-37-39-41-43-45-51(55)52-49(48-59-60(56,57)58-47-46-53(3,4)5)50(54)44-42-40-38-36-34-32-19-17-15-13-11-9-7-2/h8,10,14,16,20-21,23-24,26-27,49-50,54H,6-7,9,11-13,15,17-19,22,25,28-48H2,1-5H3,(H-,52,55,56,57)/p+1/b10-8-,16-14-,21-20-,24-23-,27-26-. The summed E-state index contributed by atoms with van der Waals surface area (Å²) >= 11 is 0. The molecule has 0 aliphatic carbocycles. The summed E-state index contributed by atoms with van der Waals surface area (Å²) in [6.45, 7) is 4.76. The van der Waals surface area contributed by atoms with Crippen molar-refractivity contribution in [3.05, 3.63) is 60.8 Å². The number of hydrogen-bond donors (Lipinski definition) is 3. The monoisotopic (exact) mass is 864 g/mol. The number of unbranched alkanes of at least 4 members (excludes halogenated alkanes) is 21. The van der Waals surface area contributed by atoms with Crippen molar-refractivity contribution >= 4 is 13.7 Å². The van der Waals surface area contributed by atoms with E-state index in [-0.39, 0.29) is 19.1 Å². The van der Waals surface area contributed by atoms with E-state index < -0.39 is 20.0 Å². The van der Waals surface area contributed by atoms with Crippen LogP contribution >= 0.6 is 7.82 Å². The molecule has 0 aromatic carbocycles. The van der Waals surface area contributed by atoms with E-state index in [9.17, 15) is 19.4 Å². The lowest BCUT2D eigenvalue weighted by Crippen LogP contribution is -2.46. The van der Waals surface area contributed by atoms with Gasteiger partial charge in [0.05, 0.1) is 39.9 Å². The SMILES string of the molecule is CC/C=C\C/C=C\C/C=C\C/C=C\C/C=C\CCCCCCCCCCCC(=O)NC(COP(=O)(O)OCC[N+](C)(C)C)C(O)CCCCCCCCCCCCCCC. The Morgan fingerprint density at radius 1 is 0.583 bits per heavy atom. The van der Waals surface area contributed by atoms with Crippen LogP contribution in [0, 0.1) is 0 Å². The van der Waals surface area contributed by atoms with Gasteiger partial charge in [0.2, 0.25) is 5.91 Å². The summed E-state index contributed by atoms with van der Waals surface area (Å²) in [4.78, 5) is 23.2. The molecule has 3 N–H and O–H groups in total. The van der Waals surface area contributed by atoms with Crippen LogP contribution in [0.15, 0.2) is 60.8 Å². The molecule has 3 unspecified atom stereocenters. The molecule has 3 atom stereocenters. The first-order valence-electron chi connectivity index (χ1n) is 24.7. The number of nitrogens with zero attached hydrogens (tertiary/aromatic N) is 1. The van der Waals surface area contributed by atoms with E-state index in [4.69, 9.17) is 9.05 Å². The van der Waals surface area contributed by atoms with Gasteiger partial charge in [0.25, 0.3) is 0 Å². The molecule has 0 bridgehead atoms. The first kappa shape index (κ1) is 58.2. The molecule has 0 saturated heterocycles. The zero-order valence-corrected chi connectivity index (χ0v) is 40.6. The van der Waals surface area contributed by atoms with Gasteiger partial charge in [-0.05, 0) is 57.8 Å². The number of carbonyl (C=O) groups excluding carboxylic acids is 1. The number of rotatable bonds is 44. The molecule has 350 valence electrons. The number of likely N-dealkylation sites (N-methyl/N-ethyl adjacent to an activating group) is 1. The molecule has 0 aliphatic rings. The predicted molar refractivity (Wildman–Crippen MR) is 258 cm³/mol. The maximum absolute atomic E-state index is 12.9. The summed E-state index contributed by atoms with van der Waals surface area (Å²) in [6.07, 6.45) is 55.3. The quantitative estimate of drug-likeness (QED) is 0.0244. The molecule has 0 heterocycles. The van der Waals surface area contributed by atoms with Crippen molar-refractivity contribution in [1.82, 2.24) is 5.32 Å². The average molecular weight is 864 g/mol. The van der Waals surface area contributed by atoms with Crippen LogP contribution < -0.4 is 5.32 Å². The molecular formula is C51H96N2O6P+. The van der Waals surface area contributed by atoms with Gasteiger partial charge in [-0.3, -0.25) is 13.8 Å². The van der Waals surface area contributed by atoms with Crippen LogP contribution in [-0.4, -0.2) is 73.4 Å². The lowest BCUT2D eigenvalue weighted by molar-refractivity contribution is -0.870. The Morgan fingerprint density at radius 3 is 1.47 bits per heavy atom. The highest BCUT2D eigenvalue weighted by Gasteiger charge is 2.28. The van der Waals surface area contributed by atoms with Gasteiger partial charge in [-0.25, -0.2) is 4.57 Å². The summed E-state index contributed by atoms with van der Waals surface area (Å²) in [6, 6.07) is -0.765. The largest absolute Gasteiger partial charge is 0.472 e. The van der Waals surface area contributed by atoms with Gasteiger partial charge in [0.1, 0.15) is 13.2 Å². The molecule has 60 heavy (non-hydrogen) atoms. The second kappa shape index (κ2) is 42.5. The summed E-state index contributed by atoms with van der Waals surface area (Å²) in [5.74, 6) is -0.153.